The molecule has 0 aliphatic carbocycles. The molecule has 11 heteroatoms. The number of nitrogens with one attached hydrogen (secondary N) is 5. The summed E-state index contributed by atoms with van der Waals surface area (Å²) in [5, 5.41) is 12.7. The molecule has 2 aliphatic heterocycles. The largest absolute Gasteiger partial charge is 0.493 e. The van der Waals surface area contributed by atoms with Gasteiger partial charge in [0.2, 0.25) is 0 Å². The lowest BCUT2D eigenvalue weighted by molar-refractivity contribution is 0.0937. The van der Waals surface area contributed by atoms with Gasteiger partial charge in [-0.15, -0.1) is 0 Å². The number of imidazole rings is 1. The van der Waals surface area contributed by atoms with Gasteiger partial charge in [0.15, 0.2) is 0 Å². The zero-order valence-corrected chi connectivity index (χ0v) is 22.7. The summed E-state index contributed by atoms with van der Waals surface area (Å²) in [6.07, 6.45) is 7.21. The number of hydrogen-bond acceptors (Lipinski definition) is 8. The number of amides is 2. The first-order valence-corrected chi connectivity index (χ1v) is 14.0. The molecule has 0 bridgehead atoms. The third kappa shape index (κ3) is 8.10. The minimum Gasteiger partial charge on any atom is -0.493 e. The van der Waals surface area contributed by atoms with Crippen LogP contribution in [0, 0.1) is 11.8 Å². The maximum absolute atomic E-state index is 13.2. The van der Waals surface area contributed by atoms with Gasteiger partial charge in [0, 0.05) is 95.2 Å². The fraction of sp³-hybridized carbons (Fsp3) is 0.448. The van der Waals surface area contributed by atoms with E-state index in [9.17, 15) is 9.59 Å². The van der Waals surface area contributed by atoms with Crippen LogP contribution in [0.25, 0.3) is 0 Å². The van der Waals surface area contributed by atoms with Gasteiger partial charge in [-0.2, -0.15) is 0 Å². The molecule has 2 fully saturated rings. The van der Waals surface area contributed by atoms with Crippen LogP contribution in [0.1, 0.15) is 32.0 Å². The SMILES string of the molecule is O=C(NCCN(CC1CNC1)CC1CNC1)c1cc(CNC(=O)c2cccnc2)cc(OCCc2cnc[nH]2)c1. The standard InChI is InChI=1S/C29H38N8O3/c38-28(24-2-1-4-30-16-24)35-15-21-8-25(10-27(9-21)40-7-3-26-17-33-20-36-26)29(39)34-5-6-37(18-22-11-31-12-22)19-23-13-32-14-23/h1-2,4,8-10,16-17,20,22-23,31-32H,3,5-7,11-15,18-19H2,(H,33,36)(H,34,39)(H,35,38). The normalized spacial score (nSPS) is 15.3. The second-order valence-electron chi connectivity index (χ2n) is 10.5. The molecule has 0 saturated carbocycles. The van der Waals surface area contributed by atoms with Crippen LogP contribution < -0.4 is 26.0 Å². The van der Waals surface area contributed by atoms with Crippen LogP contribution in [0.5, 0.6) is 5.75 Å². The number of H-pyrrole nitrogens is 1. The lowest BCUT2D eigenvalue weighted by atomic mass is 9.99. The van der Waals surface area contributed by atoms with Crippen molar-refractivity contribution in [1.82, 2.24) is 41.1 Å². The van der Waals surface area contributed by atoms with E-state index in [0.717, 1.165) is 57.1 Å². The van der Waals surface area contributed by atoms with Gasteiger partial charge in [-0.3, -0.25) is 14.6 Å². The summed E-state index contributed by atoms with van der Waals surface area (Å²) < 4.78 is 6.00. The van der Waals surface area contributed by atoms with Crippen molar-refractivity contribution in [3.05, 3.63) is 77.6 Å². The fourth-order valence-corrected chi connectivity index (χ4v) is 4.83. The Morgan fingerprint density at radius 3 is 2.38 bits per heavy atom. The lowest BCUT2D eigenvalue weighted by Crippen LogP contribution is -2.53. The Morgan fingerprint density at radius 2 is 1.73 bits per heavy atom. The molecule has 2 aliphatic rings. The Hall–Kier alpha value is -3.80. The second-order valence-corrected chi connectivity index (χ2v) is 10.5. The van der Waals surface area contributed by atoms with Gasteiger partial charge in [0.05, 0.1) is 18.5 Å². The molecule has 5 rings (SSSR count). The first-order chi connectivity index (χ1) is 19.6. The third-order valence-electron chi connectivity index (χ3n) is 7.28. The summed E-state index contributed by atoms with van der Waals surface area (Å²) in [7, 11) is 0. The van der Waals surface area contributed by atoms with Crippen molar-refractivity contribution in [2.75, 3.05) is 59.0 Å². The number of aromatic amines is 1. The molecule has 2 saturated heterocycles. The van der Waals surface area contributed by atoms with Crippen molar-refractivity contribution in [1.29, 1.82) is 0 Å². The highest BCUT2D eigenvalue weighted by Crippen LogP contribution is 2.19. The molecule has 4 heterocycles. The van der Waals surface area contributed by atoms with Crippen molar-refractivity contribution in [3.8, 4) is 5.75 Å². The zero-order chi connectivity index (χ0) is 27.6. The van der Waals surface area contributed by atoms with Gasteiger partial charge in [-0.1, -0.05) is 0 Å². The highest BCUT2D eigenvalue weighted by molar-refractivity contribution is 5.95. The van der Waals surface area contributed by atoms with E-state index in [0.29, 0.717) is 48.3 Å². The monoisotopic (exact) mass is 546 g/mol. The minimum atomic E-state index is -0.229. The highest BCUT2D eigenvalue weighted by Gasteiger charge is 2.24. The van der Waals surface area contributed by atoms with E-state index < -0.39 is 0 Å². The summed E-state index contributed by atoms with van der Waals surface area (Å²) in [6.45, 7) is 8.44. The molecule has 0 radical (unpaired) electrons. The molecule has 0 spiro atoms. The van der Waals surface area contributed by atoms with Gasteiger partial charge in [0.1, 0.15) is 5.75 Å². The third-order valence-corrected chi connectivity index (χ3v) is 7.28. The Bertz CT molecular complexity index is 1210. The van der Waals surface area contributed by atoms with Crippen LogP contribution in [-0.2, 0) is 13.0 Å². The van der Waals surface area contributed by atoms with Gasteiger partial charge >= 0.3 is 0 Å². The average molecular weight is 547 g/mol. The molecular formula is C29H38N8O3. The number of pyridine rings is 1. The van der Waals surface area contributed by atoms with E-state index in [1.165, 1.54) is 6.20 Å². The first kappa shape index (κ1) is 27.8. The van der Waals surface area contributed by atoms with Gasteiger partial charge in [0.25, 0.3) is 11.8 Å². The molecule has 0 unspecified atom stereocenters. The van der Waals surface area contributed by atoms with E-state index in [-0.39, 0.29) is 18.4 Å². The van der Waals surface area contributed by atoms with Gasteiger partial charge < -0.3 is 35.9 Å². The number of carbonyl (C=O) groups is 2. The van der Waals surface area contributed by atoms with Crippen molar-refractivity contribution < 1.29 is 14.3 Å². The van der Waals surface area contributed by atoms with E-state index in [2.05, 4.69) is 41.1 Å². The predicted octanol–water partition coefficient (Wildman–Crippen LogP) is 0.827. The maximum atomic E-state index is 13.2. The summed E-state index contributed by atoms with van der Waals surface area (Å²) in [4.78, 5) is 39.3. The predicted molar refractivity (Wildman–Crippen MR) is 151 cm³/mol. The molecule has 2 amide bonds. The van der Waals surface area contributed by atoms with Crippen molar-refractivity contribution in [2.24, 2.45) is 11.8 Å². The molecule has 40 heavy (non-hydrogen) atoms. The van der Waals surface area contributed by atoms with Crippen molar-refractivity contribution >= 4 is 11.8 Å². The highest BCUT2D eigenvalue weighted by atomic mass is 16.5. The van der Waals surface area contributed by atoms with E-state index >= 15 is 0 Å². The second kappa shape index (κ2) is 14.0. The maximum Gasteiger partial charge on any atom is 0.253 e. The number of benzene rings is 1. The number of aromatic nitrogens is 3. The van der Waals surface area contributed by atoms with Crippen LogP contribution in [0.2, 0.25) is 0 Å². The molecule has 212 valence electrons. The van der Waals surface area contributed by atoms with Crippen LogP contribution in [-0.4, -0.2) is 90.6 Å². The Morgan fingerprint density at radius 1 is 0.950 bits per heavy atom. The molecule has 5 N–H and O–H groups in total. The van der Waals surface area contributed by atoms with E-state index in [1.54, 1.807) is 43.0 Å². The fourth-order valence-electron chi connectivity index (χ4n) is 4.83. The molecule has 11 nitrogen and oxygen atoms in total. The van der Waals surface area contributed by atoms with Crippen LogP contribution in [0.4, 0.5) is 0 Å². The van der Waals surface area contributed by atoms with Crippen molar-refractivity contribution in [3.63, 3.8) is 0 Å². The number of ether oxygens (including phenoxy) is 1. The number of nitrogens with zero attached hydrogens (tertiary/aromatic N) is 3. The smallest absolute Gasteiger partial charge is 0.253 e. The summed E-state index contributed by atoms with van der Waals surface area (Å²) in [5.74, 6) is 1.56. The number of rotatable bonds is 15. The topological polar surface area (TPSA) is 136 Å². The zero-order valence-electron chi connectivity index (χ0n) is 22.7. The minimum absolute atomic E-state index is 0.158. The van der Waals surface area contributed by atoms with Crippen molar-refractivity contribution in [2.45, 2.75) is 13.0 Å². The van der Waals surface area contributed by atoms with Crippen LogP contribution >= 0.6 is 0 Å². The van der Waals surface area contributed by atoms with Crippen LogP contribution in [0.15, 0.2) is 55.2 Å². The average Bonchev–Trinajstić information content (AvgIpc) is 3.44. The Balaban J connectivity index is 1.19. The quantitative estimate of drug-likeness (QED) is 0.189. The Labute approximate surface area is 234 Å². The van der Waals surface area contributed by atoms with Gasteiger partial charge in [-0.05, 0) is 47.7 Å². The van der Waals surface area contributed by atoms with Gasteiger partial charge in [-0.25, -0.2) is 4.98 Å². The molecule has 1 aromatic carbocycles. The molecule has 0 atom stereocenters. The van der Waals surface area contributed by atoms with E-state index in [4.69, 9.17) is 4.74 Å². The van der Waals surface area contributed by atoms with E-state index in [1.807, 2.05) is 6.07 Å². The molecule has 3 aromatic rings. The Kier molecular flexibility index (Phi) is 9.72. The molecular weight excluding hydrogens is 508 g/mol. The van der Waals surface area contributed by atoms with Crippen LogP contribution in [0.3, 0.4) is 0 Å². The number of hydrogen-bond donors (Lipinski definition) is 5. The first-order valence-electron chi connectivity index (χ1n) is 14.0. The lowest BCUT2D eigenvalue weighted by Gasteiger charge is -2.37. The summed E-state index contributed by atoms with van der Waals surface area (Å²) in [5.41, 5.74) is 2.73. The summed E-state index contributed by atoms with van der Waals surface area (Å²) in [6, 6.07) is 8.85. The molecule has 2 aromatic heterocycles. The number of carbonyl (C=O) groups excluding carboxylic acids is 2. The summed E-state index contributed by atoms with van der Waals surface area (Å²) >= 11 is 0.